The van der Waals surface area contributed by atoms with E-state index < -0.39 is 5.56 Å². The Kier molecular flexibility index (Phi) is 6.63. The number of aryl methyl sites for hydroxylation is 1. The van der Waals surface area contributed by atoms with Crippen molar-refractivity contribution in [3.63, 3.8) is 0 Å². The van der Waals surface area contributed by atoms with Gasteiger partial charge in [-0.15, -0.1) is 0 Å². The molecule has 2 aromatic carbocycles. The molecular formula is C23H21N3O4. The highest BCUT2D eigenvalue weighted by atomic mass is 16.5. The van der Waals surface area contributed by atoms with Crippen molar-refractivity contribution in [3.8, 4) is 17.6 Å². The monoisotopic (exact) mass is 403 g/mol. The number of hydrogen-bond acceptors (Lipinski definition) is 5. The van der Waals surface area contributed by atoms with E-state index in [-0.39, 0.29) is 24.6 Å². The molecule has 0 unspecified atom stereocenters. The summed E-state index contributed by atoms with van der Waals surface area (Å²) in [6.45, 7) is 1.67. The van der Waals surface area contributed by atoms with Crippen molar-refractivity contribution in [3.05, 3.63) is 87.8 Å². The second-order valence-electron chi connectivity index (χ2n) is 6.61. The summed E-state index contributed by atoms with van der Waals surface area (Å²) in [6, 6.07) is 19.9. The number of anilines is 1. The summed E-state index contributed by atoms with van der Waals surface area (Å²) < 4.78 is 12.0. The van der Waals surface area contributed by atoms with Crippen LogP contribution >= 0.6 is 0 Å². The van der Waals surface area contributed by atoms with Crippen LogP contribution in [0.4, 0.5) is 5.69 Å². The number of rotatable bonds is 7. The van der Waals surface area contributed by atoms with E-state index in [9.17, 15) is 14.9 Å². The van der Waals surface area contributed by atoms with Crippen molar-refractivity contribution < 1.29 is 14.3 Å². The Morgan fingerprint density at radius 3 is 2.40 bits per heavy atom. The Hall–Kier alpha value is -3.89. The number of pyridine rings is 1. The van der Waals surface area contributed by atoms with Gasteiger partial charge in [0.15, 0.2) is 0 Å². The van der Waals surface area contributed by atoms with Gasteiger partial charge in [0.1, 0.15) is 29.7 Å². The lowest BCUT2D eigenvalue weighted by atomic mass is 10.1. The Morgan fingerprint density at radius 2 is 1.77 bits per heavy atom. The molecule has 1 heterocycles. The third kappa shape index (κ3) is 4.93. The SMILES string of the molecule is COCc1cc(C)n(CC(=O)Nc2ccc(Oc3ccccc3)cc2)c(=O)c1C#N. The van der Waals surface area contributed by atoms with E-state index in [1.54, 1.807) is 37.3 Å². The van der Waals surface area contributed by atoms with Crippen LogP contribution in [0, 0.1) is 18.3 Å². The molecule has 1 aromatic heterocycles. The van der Waals surface area contributed by atoms with Crippen LogP contribution in [0.25, 0.3) is 0 Å². The molecule has 0 fully saturated rings. The predicted molar refractivity (Wildman–Crippen MR) is 112 cm³/mol. The molecule has 0 saturated carbocycles. The van der Waals surface area contributed by atoms with Gasteiger partial charge in [0, 0.05) is 24.1 Å². The molecule has 0 bridgehead atoms. The minimum atomic E-state index is -0.508. The Morgan fingerprint density at radius 1 is 1.10 bits per heavy atom. The number of carbonyl (C=O) groups excluding carboxylic acids is 1. The van der Waals surface area contributed by atoms with Crippen LogP contribution in [0.1, 0.15) is 16.8 Å². The Balaban J connectivity index is 1.70. The Bertz CT molecular complexity index is 1130. The molecule has 0 spiro atoms. The standard InChI is InChI=1S/C23H21N3O4/c1-16-12-17(15-29-2)21(13-24)23(28)26(16)14-22(27)25-18-8-10-20(11-9-18)30-19-6-4-3-5-7-19/h3-12H,14-15H2,1-2H3,(H,25,27). The number of benzene rings is 2. The van der Waals surface area contributed by atoms with Crippen LogP contribution in [0.15, 0.2) is 65.5 Å². The fourth-order valence-corrected chi connectivity index (χ4v) is 3.00. The summed E-state index contributed by atoms with van der Waals surface area (Å²) in [5, 5.41) is 12.1. The van der Waals surface area contributed by atoms with Gasteiger partial charge < -0.3 is 19.4 Å². The molecule has 0 atom stereocenters. The van der Waals surface area contributed by atoms with Crippen LogP contribution < -0.4 is 15.6 Å². The van der Waals surface area contributed by atoms with Crippen molar-refractivity contribution in [2.75, 3.05) is 12.4 Å². The number of amides is 1. The maximum atomic E-state index is 12.6. The highest BCUT2D eigenvalue weighted by Gasteiger charge is 2.15. The third-order valence-corrected chi connectivity index (χ3v) is 4.42. The number of aromatic nitrogens is 1. The van der Waals surface area contributed by atoms with Crippen molar-refractivity contribution in [1.29, 1.82) is 5.26 Å². The van der Waals surface area contributed by atoms with Gasteiger partial charge in [-0.2, -0.15) is 5.26 Å². The summed E-state index contributed by atoms with van der Waals surface area (Å²) >= 11 is 0. The van der Waals surface area contributed by atoms with E-state index in [4.69, 9.17) is 9.47 Å². The number of methoxy groups -OCH3 is 1. The molecule has 1 amide bonds. The van der Waals surface area contributed by atoms with Crippen LogP contribution in [0.5, 0.6) is 11.5 Å². The molecular weight excluding hydrogens is 382 g/mol. The molecule has 0 saturated heterocycles. The summed E-state index contributed by atoms with van der Waals surface area (Å²) in [4.78, 5) is 25.1. The number of ether oxygens (including phenoxy) is 2. The van der Waals surface area contributed by atoms with E-state index >= 15 is 0 Å². The molecule has 0 aliphatic carbocycles. The first-order chi connectivity index (χ1) is 14.5. The summed E-state index contributed by atoms with van der Waals surface area (Å²) in [5.74, 6) is 0.980. The van der Waals surface area contributed by atoms with Gasteiger partial charge in [0.2, 0.25) is 5.91 Å². The van der Waals surface area contributed by atoms with Crippen molar-refractivity contribution in [2.24, 2.45) is 0 Å². The maximum absolute atomic E-state index is 12.6. The van der Waals surface area contributed by atoms with E-state index in [0.29, 0.717) is 28.4 Å². The maximum Gasteiger partial charge on any atom is 0.269 e. The van der Waals surface area contributed by atoms with Crippen molar-refractivity contribution >= 4 is 11.6 Å². The molecule has 30 heavy (non-hydrogen) atoms. The minimum absolute atomic E-state index is 0.0161. The van der Waals surface area contributed by atoms with Crippen LogP contribution in [-0.2, 0) is 22.7 Å². The molecule has 1 N–H and O–H groups in total. The van der Waals surface area contributed by atoms with E-state index in [1.165, 1.54) is 11.7 Å². The normalized spacial score (nSPS) is 10.3. The fourth-order valence-electron chi connectivity index (χ4n) is 3.00. The first-order valence-electron chi connectivity index (χ1n) is 9.27. The van der Waals surface area contributed by atoms with E-state index in [2.05, 4.69) is 5.32 Å². The van der Waals surface area contributed by atoms with Gasteiger partial charge in [-0.3, -0.25) is 9.59 Å². The fraction of sp³-hybridized carbons (Fsp3) is 0.174. The predicted octanol–water partition coefficient (Wildman–Crippen LogP) is 3.61. The molecule has 3 rings (SSSR count). The quantitative estimate of drug-likeness (QED) is 0.651. The first kappa shape index (κ1) is 20.8. The average molecular weight is 403 g/mol. The van der Waals surface area contributed by atoms with Crippen LogP contribution in [-0.4, -0.2) is 17.6 Å². The lowest BCUT2D eigenvalue weighted by Gasteiger charge is -2.13. The molecule has 7 nitrogen and oxygen atoms in total. The zero-order valence-corrected chi connectivity index (χ0v) is 16.7. The number of nitrogens with zero attached hydrogens (tertiary/aromatic N) is 2. The zero-order valence-electron chi connectivity index (χ0n) is 16.7. The van der Waals surface area contributed by atoms with Gasteiger partial charge >= 0.3 is 0 Å². The highest BCUT2D eigenvalue weighted by molar-refractivity contribution is 5.90. The molecule has 0 aliphatic heterocycles. The van der Waals surface area contributed by atoms with Gasteiger partial charge in [-0.25, -0.2) is 0 Å². The van der Waals surface area contributed by atoms with Crippen LogP contribution in [0.3, 0.4) is 0 Å². The van der Waals surface area contributed by atoms with Gasteiger partial charge in [-0.05, 0) is 49.4 Å². The van der Waals surface area contributed by atoms with Gasteiger partial charge in [0.25, 0.3) is 5.56 Å². The largest absolute Gasteiger partial charge is 0.457 e. The number of hydrogen-bond donors (Lipinski definition) is 1. The van der Waals surface area contributed by atoms with E-state index in [1.807, 2.05) is 36.4 Å². The molecule has 0 aliphatic rings. The number of nitrogens with one attached hydrogen (secondary N) is 1. The molecule has 152 valence electrons. The van der Waals surface area contributed by atoms with E-state index in [0.717, 1.165) is 0 Å². The van der Waals surface area contributed by atoms with Gasteiger partial charge in [0.05, 0.1) is 6.61 Å². The molecule has 0 radical (unpaired) electrons. The minimum Gasteiger partial charge on any atom is -0.457 e. The summed E-state index contributed by atoms with van der Waals surface area (Å²) in [5.41, 5.74) is 1.13. The van der Waals surface area contributed by atoms with Crippen LogP contribution in [0.2, 0.25) is 0 Å². The lowest BCUT2D eigenvalue weighted by Crippen LogP contribution is -2.31. The zero-order chi connectivity index (χ0) is 21.5. The average Bonchev–Trinajstić information content (AvgIpc) is 2.74. The molecule has 7 heteroatoms. The third-order valence-electron chi connectivity index (χ3n) is 4.42. The smallest absolute Gasteiger partial charge is 0.269 e. The van der Waals surface area contributed by atoms with Crippen molar-refractivity contribution in [2.45, 2.75) is 20.1 Å². The Labute approximate surface area is 174 Å². The second kappa shape index (κ2) is 9.54. The second-order valence-corrected chi connectivity index (χ2v) is 6.61. The van der Waals surface area contributed by atoms with Crippen molar-refractivity contribution in [1.82, 2.24) is 4.57 Å². The van der Waals surface area contributed by atoms with Gasteiger partial charge in [-0.1, -0.05) is 18.2 Å². The summed E-state index contributed by atoms with van der Waals surface area (Å²) in [6.07, 6.45) is 0. The first-order valence-corrected chi connectivity index (χ1v) is 9.27. The number of nitriles is 1. The number of para-hydroxylation sites is 1. The number of carbonyl (C=O) groups is 1. The topological polar surface area (TPSA) is 93.3 Å². The summed E-state index contributed by atoms with van der Waals surface area (Å²) in [7, 11) is 1.49. The highest BCUT2D eigenvalue weighted by Crippen LogP contribution is 2.22. The lowest BCUT2D eigenvalue weighted by molar-refractivity contribution is -0.116. The molecule has 3 aromatic rings.